The molecule has 0 saturated heterocycles. The first-order valence-electron chi connectivity index (χ1n) is 42.0. The molecule has 0 amide bonds. The van der Waals surface area contributed by atoms with Gasteiger partial charge in [-0.2, -0.15) is 0 Å². The Labute approximate surface area is 613 Å². The lowest BCUT2D eigenvalue weighted by molar-refractivity contribution is -0.161. The molecule has 0 heterocycles. The number of aliphatic hydroxyl groups excluding tert-OH is 1. The van der Waals surface area contributed by atoms with Crippen LogP contribution in [0.5, 0.6) is 0 Å². The molecule has 0 aromatic heterocycles. The molecule has 0 aromatic rings. The molecular formula is C81H158O17P2. The Kier molecular flexibility index (Phi) is 71.2. The summed E-state index contributed by atoms with van der Waals surface area (Å²) < 4.78 is 68.7. The number of aliphatic hydroxyl groups is 1. The van der Waals surface area contributed by atoms with E-state index < -0.39 is 97.5 Å². The smallest absolute Gasteiger partial charge is 0.462 e. The minimum Gasteiger partial charge on any atom is -0.462 e. The topological polar surface area (TPSA) is 237 Å². The van der Waals surface area contributed by atoms with Crippen molar-refractivity contribution in [2.24, 2.45) is 11.8 Å². The lowest BCUT2D eigenvalue weighted by Gasteiger charge is -2.21. The summed E-state index contributed by atoms with van der Waals surface area (Å²) in [5.41, 5.74) is 0. The van der Waals surface area contributed by atoms with Crippen molar-refractivity contribution < 1.29 is 80.2 Å². The zero-order valence-electron chi connectivity index (χ0n) is 65.5. The number of phosphoric acid groups is 2. The Morgan fingerprint density at radius 1 is 0.270 bits per heavy atom. The number of hydrogen-bond donors (Lipinski definition) is 3. The SMILES string of the molecule is CCCCCCCCCCCCCCCCCCCCCCCC(=O)O[C@H](COC(=O)CCCCCCCCCCCCCC(C)C)COP(=O)(O)OC[C@@H](O)COP(=O)(O)OC[C@@H](COC(=O)CCCCCCCCCCCC(C)C)OC(=O)CCCCCCCCCCCCCCC. The summed E-state index contributed by atoms with van der Waals surface area (Å²) in [6.07, 6.45) is 62.5. The van der Waals surface area contributed by atoms with Gasteiger partial charge >= 0.3 is 39.5 Å². The molecule has 19 heteroatoms. The maximum atomic E-state index is 13.1. The molecule has 0 aliphatic rings. The van der Waals surface area contributed by atoms with Crippen molar-refractivity contribution in [1.82, 2.24) is 0 Å². The quantitative estimate of drug-likeness (QED) is 0.0222. The predicted molar refractivity (Wildman–Crippen MR) is 409 cm³/mol. The molecule has 0 fully saturated rings. The van der Waals surface area contributed by atoms with E-state index in [1.165, 1.54) is 244 Å². The number of phosphoric ester groups is 2. The molecule has 0 aliphatic heterocycles. The van der Waals surface area contributed by atoms with Gasteiger partial charge < -0.3 is 33.8 Å². The highest BCUT2D eigenvalue weighted by Gasteiger charge is 2.30. The van der Waals surface area contributed by atoms with Crippen molar-refractivity contribution >= 4 is 39.5 Å². The predicted octanol–water partition coefficient (Wildman–Crippen LogP) is 24.3. The van der Waals surface area contributed by atoms with Crippen molar-refractivity contribution in [1.29, 1.82) is 0 Å². The van der Waals surface area contributed by atoms with Gasteiger partial charge in [-0.25, -0.2) is 9.13 Å². The number of ether oxygens (including phenoxy) is 4. The van der Waals surface area contributed by atoms with Crippen LogP contribution in [0.15, 0.2) is 0 Å². The molecule has 2 unspecified atom stereocenters. The summed E-state index contributed by atoms with van der Waals surface area (Å²) in [6.45, 7) is 9.62. The van der Waals surface area contributed by atoms with Gasteiger partial charge in [-0.15, -0.1) is 0 Å². The first-order valence-corrected chi connectivity index (χ1v) is 45.0. The molecular weight excluding hydrogens is 1310 g/mol. The summed E-state index contributed by atoms with van der Waals surface area (Å²) in [4.78, 5) is 73.0. The molecule has 0 radical (unpaired) electrons. The Morgan fingerprint density at radius 2 is 0.460 bits per heavy atom. The number of carbonyl (C=O) groups is 4. The standard InChI is InChI=1S/C81H158O17P2/c1-7-9-11-13-15-17-19-21-22-23-24-25-26-27-28-30-34-41-48-54-60-66-81(86)97-76(69-91-78(83)63-57-51-45-39-35-31-32-37-43-49-55-61-73(3)4)71-95-99(87,88)93-67-75(82)68-94-100(89,90)96-72-77(70-92-79(84)64-58-52-46-42-36-38-44-50-56-62-74(5)6)98-80(85)65-59-53-47-40-33-29-20-18-16-14-12-10-8-2/h73-77,82H,7-72H2,1-6H3,(H,87,88)(H,89,90)/t75-,76-,77-/m1/s1. The molecule has 0 bridgehead atoms. The monoisotopic (exact) mass is 1470 g/mol. The third kappa shape index (κ3) is 74.3. The molecule has 3 N–H and O–H groups in total. The Morgan fingerprint density at radius 3 is 0.680 bits per heavy atom. The maximum Gasteiger partial charge on any atom is 0.472 e. The van der Waals surface area contributed by atoms with E-state index >= 15 is 0 Å². The van der Waals surface area contributed by atoms with Crippen LogP contribution >= 0.6 is 15.6 Å². The summed E-state index contributed by atoms with van der Waals surface area (Å²) in [5, 5.41) is 10.6. The average Bonchev–Trinajstić information content (AvgIpc) is 0.928. The van der Waals surface area contributed by atoms with E-state index in [0.717, 1.165) is 102 Å². The summed E-state index contributed by atoms with van der Waals surface area (Å²) in [5.74, 6) is -0.593. The van der Waals surface area contributed by atoms with Gasteiger partial charge in [0.15, 0.2) is 12.2 Å². The van der Waals surface area contributed by atoms with Crippen LogP contribution < -0.4 is 0 Å². The van der Waals surface area contributed by atoms with Gasteiger partial charge in [-0.05, 0) is 37.5 Å². The van der Waals surface area contributed by atoms with Crippen LogP contribution in [0, 0.1) is 11.8 Å². The first-order chi connectivity index (χ1) is 48.4. The highest BCUT2D eigenvalue weighted by Crippen LogP contribution is 2.45. The summed E-state index contributed by atoms with van der Waals surface area (Å²) in [7, 11) is -9.92. The average molecular weight is 1470 g/mol. The fraction of sp³-hybridized carbons (Fsp3) is 0.951. The fourth-order valence-corrected chi connectivity index (χ4v) is 14.1. The number of carbonyl (C=O) groups excluding carboxylic acids is 4. The van der Waals surface area contributed by atoms with Crippen LogP contribution in [0.25, 0.3) is 0 Å². The van der Waals surface area contributed by atoms with Crippen LogP contribution in [0.3, 0.4) is 0 Å². The van der Waals surface area contributed by atoms with Crippen LogP contribution in [-0.4, -0.2) is 96.7 Å². The molecule has 594 valence electrons. The van der Waals surface area contributed by atoms with E-state index in [2.05, 4.69) is 41.5 Å². The van der Waals surface area contributed by atoms with Crippen LogP contribution in [0.1, 0.15) is 427 Å². The van der Waals surface area contributed by atoms with E-state index in [4.69, 9.17) is 37.0 Å². The van der Waals surface area contributed by atoms with E-state index in [-0.39, 0.29) is 25.7 Å². The molecule has 0 aromatic carbocycles. The molecule has 100 heavy (non-hydrogen) atoms. The fourth-order valence-electron chi connectivity index (χ4n) is 12.5. The van der Waals surface area contributed by atoms with E-state index in [0.29, 0.717) is 25.7 Å². The number of unbranched alkanes of at least 4 members (excludes halogenated alkanes) is 50. The molecule has 0 spiro atoms. The van der Waals surface area contributed by atoms with Crippen molar-refractivity contribution in [3.05, 3.63) is 0 Å². The summed E-state index contributed by atoms with van der Waals surface area (Å²) in [6, 6.07) is 0. The lowest BCUT2D eigenvalue weighted by Crippen LogP contribution is -2.30. The van der Waals surface area contributed by atoms with E-state index in [1.807, 2.05) is 0 Å². The largest absolute Gasteiger partial charge is 0.472 e. The zero-order valence-corrected chi connectivity index (χ0v) is 67.3. The second kappa shape index (κ2) is 72.6. The Hall–Kier alpha value is -1.94. The highest BCUT2D eigenvalue weighted by molar-refractivity contribution is 7.47. The van der Waals surface area contributed by atoms with Crippen molar-refractivity contribution in [3.63, 3.8) is 0 Å². The van der Waals surface area contributed by atoms with Gasteiger partial charge in [0.1, 0.15) is 19.3 Å². The number of hydrogen-bond acceptors (Lipinski definition) is 15. The van der Waals surface area contributed by atoms with Crippen molar-refractivity contribution in [2.45, 2.75) is 445 Å². The minimum absolute atomic E-state index is 0.107. The lowest BCUT2D eigenvalue weighted by atomic mass is 10.0. The number of rotatable bonds is 80. The highest BCUT2D eigenvalue weighted by atomic mass is 31.2. The maximum absolute atomic E-state index is 13.1. The van der Waals surface area contributed by atoms with E-state index in [1.54, 1.807) is 0 Å². The van der Waals surface area contributed by atoms with Gasteiger partial charge in [0, 0.05) is 25.7 Å². The molecule has 5 atom stereocenters. The normalized spacial score (nSPS) is 13.9. The molecule has 0 rings (SSSR count). The van der Waals surface area contributed by atoms with Gasteiger partial charge in [0.25, 0.3) is 0 Å². The van der Waals surface area contributed by atoms with Gasteiger partial charge in [-0.1, -0.05) is 375 Å². The second-order valence-corrected chi connectivity index (χ2v) is 33.0. The van der Waals surface area contributed by atoms with Gasteiger partial charge in [0.2, 0.25) is 0 Å². The Bertz CT molecular complexity index is 1920. The van der Waals surface area contributed by atoms with Crippen LogP contribution in [0.4, 0.5) is 0 Å². The molecule has 0 aliphatic carbocycles. The van der Waals surface area contributed by atoms with Crippen molar-refractivity contribution in [2.75, 3.05) is 39.6 Å². The zero-order chi connectivity index (χ0) is 73.5. The second-order valence-electron chi connectivity index (χ2n) is 30.1. The number of esters is 4. The van der Waals surface area contributed by atoms with Crippen LogP contribution in [-0.2, 0) is 65.4 Å². The third-order valence-corrected chi connectivity index (χ3v) is 20.9. The Balaban J connectivity index is 5.23. The summed E-state index contributed by atoms with van der Waals surface area (Å²) >= 11 is 0. The molecule has 17 nitrogen and oxygen atoms in total. The van der Waals surface area contributed by atoms with Gasteiger partial charge in [0.05, 0.1) is 26.4 Å². The first kappa shape index (κ1) is 98.1. The van der Waals surface area contributed by atoms with E-state index in [9.17, 15) is 43.2 Å². The third-order valence-electron chi connectivity index (χ3n) is 19.0. The van der Waals surface area contributed by atoms with Crippen LogP contribution in [0.2, 0.25) is 0 Å². The minimum atomic E-state index is -4.96. The van der Waals surface area contributed by atoms with Crippen molar-refractivity contribution in [3.8, 4) is 0 Å². The molecule has 0 saturated carbocycles. The van der Waals surface area contributed by atoms with Gasteiger partial charge in [-0.3, -0.25) is 37.3 Å².